The van der Waals surface area contributed by atoms with Crippen molar-refractivity contribution in [2.45, 2.75) is 33.1 Å². The summed E-state index contributed by atoms with van der Waals surface area (Å²) in [5, 5.41) is 13.0. The van der Waals surface area contributed by atoms with E-state index in [0.717, 1.165) is 50.1 Å². The van der Waals surface area contributed by atoms with Crippen LogP contribution in [0.1, 0.15) is 36.2 Å². The van der Waals surface area contributed by atoms with Crippen LogP contribution in [0, 0.1) is 13.8 Å². The van der Waals surface area contributed by atoms with E-state index in [4.69, 9.17) is 4.98 Å². The molecule has 4 heteroatoms. The molecule has 1 N–H and O–H groups in total. The molecule has 182 valence electrons. The van der Waals surface area contributed by atoms with Gasteiger partial charge in [0.2, 0.25) is 0 Å². The summed E-state index contributed by atoms with van der Waals surface area (Å²) < 4.78 is 2.07. The van der Waals surface area contributed by atoms with Crippen molar-refractivity contribution in [1.82, 2.24) is 14.5 Å². The van der Waals surface area contributed by atoms with Gasteiger partial charge in [-0.3, -0.25) is 9.55 Å². The van der Waals surface area contributed by atoms with Crippen LogP contribution < -0.4 is 0 Å². The van der Waals surface area contributed by atoms with Gasteiger partial charge in [0.05, 0.1) is 22.6 Å². The molecule has 0 spiro atoms. The van der Waals surface area contributed by atoms with Crippen LogP contribution in [0.2, 0.25) is 0 Å². The van der Waals surface area contributed by atoms with Crippen LogP contribution in [0.4, 0.5) is 0 Å². The Bertz CT molecular complexity index is 1780. The number of hydrogen-bond acceptors (Lipinski definition) is 3. The van der Waals surface area contributed by atoms with Crippen molar-refractivity contribution >= 4 is 21.9 Å². The van der Waals surface area contributed by atoms with Gasteiger partial charge in [0.1, 0.15) is 11.4 Å². The van der Waals surface area contributed by atoms with Crippen LogP contribution in [-0.2, 0) is 5.41 Å². The first kappa shape index (κ1) is 23.0. The zero-order chi connectivity index (χ0) is 25.7. The van der Waals surface area contributed by atoms with Gasteiger partial charge in [0.15, 0.2) is 0 Å². The highest BCUT2D eigenvalue weighted by Crippen LogP contribution is 2.38. The van der Waals surface area contributed by atoms with Gasteiger partial charge in [-0.1, -0.05) is 61.9 Å². The van der Waals surface area contributed by atoms with Crippen molar-refractivity contribution < 1.29 is 5.11 Å². The van der Waals surface area contributed by atoms with E-state index >= 15 is 0 Å². The number of rotatable bonds is 4. The molecule has 0 aliphatic carbocycles. The molecule has 3 aromatic carbocycles. The Hall–Kier alpha value is -4.44. The first-order chi connectivity index (χ1) is 17.8. The van der Waals surface area contributed by atoms with Crippen LogP contribution in [0.3, 0.4) is 0 Å². The first-order valence-corrected chi connectivity index (χ1v) is 12.6. The minimum atomic E-state index is -0.252. The van der Waals surface area contributed by atoms with E-state index in [-0.39, 0.29) is 11.2 Å². The summed E-state index contributed by atoms with van der Waals surface area (Å²) in [7, 11) is 0. The Morgan fingerprint density at radius 1 is 0.784 bits per heavy atom. The van der Waals surface area contributed by atoms with Crippen molar-refractivity contribution in [3.8, 4) is 22.7 Å². The molecule has 3 heterocycles. The van der Waals surface area contributed by atoms with Gasteiger partial charge in [-0.15, -0.1) is 0 Å². The average molecular weight is 484 g/mol. The fourth-order valence-electron chi connectivity index (χ4n) is 5.27. The lowest BCUT2D eigenvalue weighted by Gasteiger charge is -2.25. The lowest BCUT2D eigenvalue weighted by Crippen LogP contribution is -2.20. The second kappa shape index (κ2) is 8.59. The zero-order valence-electron chi connectivity index (χ0n) is 21.5. The number of fused-ring (bicyclic) bond motifs is 3. The second-order valence-electron chi connectivity index (χ2n) is 10.3. The fraction of sp³-hybridized carbons (Fsp3) is 0.152. The lowest BCUT2D eigenvalue weighted by atomic mass is 9.80. The molecule has 6 rings (SSSR count). The molecular formula is C33H29N3O. The zero-order valence-corrected chi connectivity index (χ0v) is 21.5. The molecule has 0 radical (unpaired) electrons. The number of benzene rings is 3. The Morgan fingerprint density at radius 2 is 1.59 bits per heavy atom. The van der Waals surface area contributed by atoms with E-state index in [1.165, 1.54) is 11.1 Å². The van der Waals surface area contributed by atoms with Gasteiger partial charge in [-0.2, -0.15) is 0 Å². The number of phenols is 1. The van der Waals surface area contributed by atoms with Gasteiger partial charge in [0, 0.05) is 27.9 Å². The number of aryl methyl sites for hydroxylation is 2. The maximum absolute atomic E-state index is 10.8. The van der Waals surface area contributed by atoms with Crippen LogP contribution in [-0.4, -0.2) is 19.6 Å². The number of pyridine rings is 2. The maximum atomic E-state index is 10.8. The molecule has 3 aromatic heterocycles. The van der Waals surface area contributed by atoms with Crippen molar-refractivity contribution in [3.05, 3.63) is 120 Å². The van der Waals surface area contributed by atoms with E-state index in [2.05, 4.69) is 91.8 Å². The highest BCUT2D eigenvalue weighted by molar-refractivity contribution is 6.09. The highest BCUT2D eigenvalue weighted by Gasteiger charge is 2.25. The molecule has 0 amide bonds. The number of para-hydroxylation sites is 2. The number of aromatic nitrogens is 3. The van der Waals surface area contributed by atoms with Crippen LogP contribution in [0.5, 0.6) is 5.75 Å². The second-order valence-corrected chi connectivity index (χ2v) is 10.3. The summed E-state index contributed by atoms with van der Waals surface area (Å²) in [6.45, 7) is 8.63. The lowest BCUT2D eigenvalue weighted by molar-refractivity contribution is 0.473. The molecular weight excluding hydrogens is 454 g/mol. The third-order valence-electron chi connectivity index (χ3n) is 7.37. The normalized spacial score (nSPS) is 11.9. The molecule has 37 heavy (non-hydrogen) atoms. The van der Waals surface area contributed by atoms with Gasteiger partial charge in [-0.25, -0.2) is 4.98 Å². The molecule has 0 saturated heterocycles. The first-order valence-electron chi connectivity index (χ1n) is 12.6. The van der Waals surface area contributed by atoms with Gasteiger partial charge in [-0.05, 0) is 73.5 Å². The van der Waals surface area contributed by atoms with E-state index in [1.807, 2.05) is 36.5 Å². The molecule has 0 unspecified atom stereocenters. The van der Waals surface area contributed by atoms with Crippen molar-refractivity contribution in [3.63, 3.8) is 0 Å². The number of phenolic OH excluding ortho intramolecular Hbond substituents is 1. The fourth-order valence-corrected chi connectivity index (χ4v) is 5.27. The summed E-state index contributed by atoms with van der Waals surface area (Å²) >= 11 is 0. The predicted molar refractivity (Wildman–Crippen MR) is 152 cm³/mol. The summed E-state index contributed by atoms with van der Waals surface area (Å²) in [6, 6.07) is 30.8. The van der Waals surface area contributed by atoms with Gasteiger partial charge >= 0.3 is 0 Å². The number of nitrogens with zero attached hydrogens (tertiary/aromatic N) is 3. The maximum Gasteiger partial charge on any atom is 0.146 e. The standard InChI is InChI=1S/C33H29N3O/c1-21-15-16-27-25(18-21)26-19-22(2)31(35-32(26)36(27)28-12-5-6-13-29(28)37)23-10-9-11-24(20-23)33(3,4)30-14-7-8-17-34-30/h5-20,37H,1-4H3. The van der Waals surface area contributed by atoms with E-state index in [0.29, 0.717) is 0 Å². The molecule has 0 fully saturated rings. The summed E-state index contributed by atoms with van der Waals surface area (Å²) in [5.41, 5.74) is 8.83. The topological polar surface area (TPSA) is 50.9 Å². The van der Waals surface area contributed by atoms with E-state index in [9.17, 15) is 5.11 Å². The van der Waals surface area contributed by atoms with Crippen LogP contribution in [0.15, 0.2) is 97.2 Å². The third kappa shape index (κ3) is 3.77. The van der Waals surface area contributed by atoms with E-state index < -0.39 is 0 Å². The predicted octanol–water partition coefficient (Wildman–Crippen LogP) is 7.89. The quantitative estimate of drug-likeness (QED) is 0.277. The van der Waals surface area contributed by atoms with Crippen LogP contribution in [0.25, 0.3) is 38.9 Å². The number of aromatic hydroxyl groups is 1. The minimum Gasteiger partial charge on any atom is -0.506 e. The molecule has 0 atom stereocenters. The Kier molecular flexibility index (Phi) is 5.34. The number of hydrogen-bond donors (Lipinski definition) is 1. The average Bonchev–Trinajstić information content (AvgIpc) is 3.21. The summed E-state index contributed by atoms with van der Waals surface area (Å²) in [6.07, 6.45) is 1.85. The third-order valence-corrected chi connectivity index (χ3v) is 7.37. The molecule has 0 aliphatic rings. The monoisotopic (exact) mass is 483 g/mol. The summed E-state index contributed by atoms with van der Waals surface area (Å²) in [5.74, 6) is 0.227. The molecule has 6 aromatic rings. The smallest absolute Gasteiger partial charge is 0.146 e. The van der Waals surface area contributed by atoms with Crippen molar-refractivity contribution in [1.29, 1.82) is 0 Å². The van der Waals surface area contributed by atoms with E-state index in [1.54, 1.807) is 6.07 Å². The molecule has 0 saturated carbocycles. The van der Waals surface area contributed by atoms with Crippen LogP contribution >= 0.6 is 0 Å². The van der Waals surface area contributed by atoms with Gasteiger partial charge < -0.3 is 5.11 Å². The van der Waals surface area contributed by atoms with Crippen molar-refractivity contribution in [2.75, 3.05) is 0 Å². The SMILES string of the molecule is Cc1ccc2c(c1)c1cc(C)c(-c3cccc(C(C)(C)c4ccccn4)c3)nc1n2-c1ccccc1O. The largest absolute Gasteiger partial charge is 0.506 e. The minimum absolute atomic E-state index is 0.227. The Balaban J connectivity index is 1.60. The molecule has 4 nitrogen and oxygen atoms in total. The van der Waals surface area contributed by atoms with Crippen molar-refractivity contribution in [2.24, 2.45) is 0 Å². The Labute approximate surface area is 216 Å². The highest BCUT2D eigenvalue weighted by atomic mass is 16.3. The molecule has 0 aliphatic heterocycles. The summed E-state index contributed by atoms with van der Waals surface area (Å²) in [4.78, 5) is 9.89. The Morgan fingerprint density at radius 3 is 2.38 bits per heavy atom. The van der Waals surface area contributed by atoms with Gasteiger partial charge in [0.25, 0.3) is 0 Å². The molecule has 0 bridgehead atoms.